The fourth-order valence-electron chi connectivity index (χ4n) is 3.20. The molecule has 0 radical (unpaired) electrons. The number of nitrogens with zero attached hydrogens (tertiary/aromatic N) is 1. The molecule has 7 heteroatoms. The van der Waals surface area contributed by atoms with Crippen LogP contribution >= 0.6 is 11.8 Å². The molecule has 6 nitrogen and oxygen atoms in total. The summed E-state index contributed by atoms with van der Waals surface area (Å²) in [4.78, 5) is 14.4. The van der Waals surface area contributed by atoms with Crippen LogP contribution in [0.2, 0.25) is 0 Å². The van der Waals surface area contributed by atoms with Gasteiger partial charge in [0.15, 0.2) is 0 Å². The van der Waals surface area contributed by atoms with Crippen LogP contribution in [-0.4, -0.2) is 74.4 Å². The summed E-state index contributed by atoms with van der Waals surface area (Å²) in [6.07, 6.45) is 2.79. The van der Waals surface area contributed by atoms with Crippen LogP contribution in [0.4, 0.5) is 0 Å². The monoisotopic (exact) mass is 333 g/mol. The Kier molecular flexibility index (Phi) is 6.52. The van der Waals surface area contributed by atoms with Crippen LogP contribution in [0.3, 0.4) is 0 Å². The fourth-order valence-corrected chi connectivity index (χ4v) is 3.83. The minimum absolute atomic E-state index is 0.0818. The highest BCUT2D eigenvalue weighted by Crippen LogP contribution is 2.42. The second-order valence-electron chi connectivity index (χ2n) is 6.06. The highest BCUT2D eigenvalue weighted by atomic mass is 32.2. The second kappa shape index (κ2) is 7.97. The van der Waals surface area contributed by atoms with Gasteiger partial charge in [-0.3, -0.25) is 4.79 Å². The van der Waals surface area contributed by atoms with Crippen molar-refractivity contribution < 1.29 is 23.7 Å². The first kappa shape index (κ1) is 18.0. The molecule has 2 heterocycles. The Morgan fingerprint density at radius 1 is 1.45 bits per heavy atom. The quantitative estimate of drug-likeness (QED) is 0.361. The molecule has 0 N–H and O–H groups in total. The number of carbonyl (C=O) groups excluding carboxylic acids is 1. The van der Waals surface area contributed by atoms with Gasteiger partial charge in [-0.05, 0) is 26.5 Å². The summed E-state index contributed by atoms with van der Waals surface area (Å²) in [6.45, 7) is 5.83. The van der Waals surface area contributed by atoms with Crippen LogP contribution in [0.25, 0.3) is 0 Å². The second-order valence-corrected chi connectivity index (χ2v) is 6.98. The largest absolute Gasteiger partial charge is 0.382 e. The standard InChI is InChI=1S/C15H27NO5S/c1-15(2)16-11(5-6-21-15)13(14(16)17)12(9-22-4)20-10-19-8-7-18-3/h11-13H,5-10H2,1-4H3. The predicted molar refractivity (Wildman–Crippen MR) is 84.7 cm³/mol. The zero-order valence-corrected chi connectivity index (χ0v) is 14.7. The van der Waals surface area contributed by atoms with Gasteiger partial charge in [-0.2, -0.15) is 11.8 Å². The third-order valence-electron chi connectivity index (χ3n) is 4.25. The van der Waals surface area contributed by atoms with Crippen molar-refractivity contribution in [2.24, 2.45) is 5.92 Å². The number of carbonyl (C=O) groups is 1. The Morgan fingerprint density at radius 3 is 2.91 bits per heavy atom. The molecular weight excluding hydrogens is 306 g/mol. The molecule has 3 unspecified atom stereocenters. The lowest BCUT2D eigenvalue weighted by Crippen LogP contribution is -2.74. The summed E-state index contributed by atoms with van der Waals surface area (Å²) in [5, 5.41) is 0. The molecule has 0 aromatic carbocycles. The van der Waals surface area contributed by atoms with Gasteiger partial charge in [0, 0.05) is 12.9 Å². The van der Waals surface area contributed by atoms with Crippen molar-refractivity contribution >= 4 is 17.7 Å². The molecule has 128 valence electrons. The summed E-state index contributed by atoms with van der Waals surface area (Å²) >= 11 is 1.69. The zero-order chi connectivity index (χ0) is 16.2. The van der Waals surface area contributed by atoms with Gasteiger partial charge in [0.25, 0.3) is 0 Å². The predicted octanol–water partition coefficient (Wildman–Crippen LogP) is 1.34. The molecule has 0 saturated carbocycles. The van der Waals surface area contributed by atoms with E-state index in [4.69, 9.17) is 18.9 Å². The summed E-state index contributed by atoms with van der Waals surface area (Å²) < 4.78 is 21.8. The lowest BCUT2D eigenvalue weighted by molar-refractivity contribution is -0.246. The molecule has 2 rings (SSSR count). The van der Waals surface area contributed by atoms with Gasteiger partial charge < -0.3 is 23.8 Å². The van der Waals surface area contributed by atoms with E-state index in [2.05, 4.69) is 0 Å². The van der Waals surface area contributed by atoms with Crippen molar-refractivity contribution in [1.82, 2.24) is 4.90 Å². The first-order valence-electron chi connectivity index (χ1n) is 7.67. The molecule has 22 heavy (non-hydrogen) atoms. The normalized spacial score (nSPS) is 28.2. The van der Waals surface area contributed by atoms with Gasteiger partial charge in [-0.15, -0.1) is 0 Å². The van der Waals surface area contributed by atoms with Crippen molar-refractivity contribution in [2.45, 2.75) is 38.1 Å². The van der Waals surface area contributed by atoms with E-state index in [1.54, 1.807) is 18.9 Å². The van der Waals surface area contributed by atoms with E-state index in [0.29, 0.717) is 19.8 Å². The van der Waals surface area contributed by atoms with Crippen LogP contribution in [0, 0.1) is 5.92 Å². The van der Waals surface area contributed by atoms with E-state index in [0.717, 1.165) is 12.2 Å². The van der Waals surface area contributed by atoms with Crippen molar-refractivity contribution in [2.75, 3.05) is 45.7 Å². The molecule has 0 spiro atoms. The van der Waals surface area contributed by atoms with E-state index in [9.17, 15) is 4.79 Å². The Labute approximate surface area is 136 Å². The maximum atomic E-state index is 12.6. The summed E-state index contributed by atoms with van der Waals surface area (Å²) in [5.41, 5.74) is -0.505. The molecule has 2 aliphatic rings. The Bertz CT molecular complexity index is 379. The van der Waals surface area contributed by atoms with Crippen LogP contribution in [0.5, 0.6) is 0 Å². The average molecular weight is 333 g/mol. The number of fused-ring (bicyclic) bond motifs is 1. The summed E-state index contributed by atoms with van der Waals surface area (Å²) in [7, 11) is 1.63. The van der Waals surface area contributed by atoms with Gasteiger partial charge in [0.2, 0.25) is 5.91 Å². The number of β-lactam (4-membered cyclic amide) rings is 1. The highest BCUT2D eigenvalue weighted by Gasteiger charge is 2.58. The van der Waals surface area contributed by atoms with Crippen molar-refractivity contribution in [3.8, 4) is 0 Å². The third-order valence-corrected chi connectivity index (χ3v) is 4.91. The van der Waals surface area contributed by atoms with E-state index in [1.807, 2.05) is 25.0 Å². The molecule has 2 saturated heterocycles. The molecule has 2 fully saturated rings. The molecule has 0 aliphatic carbocycles. The van der Waals surface area contributed by atoms with Gasteiger partial charge in [-0.1, -0.05) is 0 Å². The van der Waals surface area contributed by atoms with Crippen LogP contribution in [0.1, 0.15) is 20.3 Å². The van der Waals surface area contributed by atoms with Crippen molar-refractivity contribution in [1.29, 1.82) is 0 Å². The Balaban J connectivity index is 1.90. The lowest BCUT2D eigenvalue weighted by atomic mass is 9.78. The first-order chi connectivity index (χ1) is 10.5. The van der Waals surface area contributed by atoms with Crippen molar-refractivity contribution in [3.63, 3.8) is 0 Å². The molecule has 3 atom stereocenters. The molecular formula is C15H27NO5S. The molecule has 0 aromatic rings. The van der Waals surface area contributed by atoms with E-state index in [1.165, 1.54) is 0 Å². The van der Waals surface area contributed by atoms with Gasteiger partial charge in [0.1, 0.15) is 12.5 Å². The number of rotatable bonds is 9. The Morgan fingerprint density at radius 2 is 2.23 bits per heavy atom. The van der Waals surface area contributed by atoms with E-state index >= 15 is 0 Å². The SMILES string of the molecule is COCCOCOC(CSC)C1C(=O)N2C1CCOC2(C)C. The van der Waals surface area contributed by atoms with Crippen molar-refractivity contribution in [3.05, 3.63) is 0 Å². The Hall–Kier alpha value is -0.340. The minimum Gasteiger partial charge on any atom is -0.382 e. The topological polar surface area (TPSA) is 57.2 Å². The van der Waals surface area contributed by atoms with Gasteiger partial charge in [-0.25, -0.2) is 0 Å². The smallest absolute Gasteiger partial charge is 0.232 e. The molecule has 1 amide bonds. The maximum absolute atomic E-state index is 12.6. The third kappa shape index (κ3) is 3.76. The van der Waals surface area contributed by atoms with E-state index in [-0.39, 0.29) is 30.8 Å². The average Bonchev–Trinajstić information content (AvgIpc) is 2.45. The number of hydrogen-bond donors (Lipinski definition) is 0. The molecule has 0 bridgehead atoms. The highest BCUT2D eigenvalue weighted by molar-refractivity contribution is 7.98. The van der Waals surface area contributed by atoms with Gasteiger partial charge >= 0.3 is 0 Å². The van der Waals surface area contributed by atoms with Crippen LogP contribution in [-0.2, 0) is 23.7 Å². The molecule has 2 aliphatic heterocycles. The first-order valence-corrected chi connectivity index (χ1v) is 9.06. The van der Waals surface area contributed by atoms with Crippen LogP contribution < -0.4 is 0 Å². The molecule has 0 aromatic heterocycles. The summed E-state index contributed by atoms with van der Waals surface area (Å²) in [5.74, 6) is 0.836. The summed E-state index contributed by atoms with van der Waals surface area (Å²) in [6, 6.07) is 0.215. The number of ether oxygens (including phenoxy) is 4. The van der Waals surface area contributed by atoms with Crippen LogP contribution in [0.15, 0.2) is 0 Å². The fraction of sp³-hybridized carbons (Fsp3) is 0.933. The van der Waals surface area contributed by atoms with E-state index < -0.39 is 5.72 Å². The van der Waals surface area contributed by atoms with Gasteiger partial charge in [0.05, 0.1) is 37.9 Å². The lowest BCUT2D eigenvalue weighted by Gasteiger charge is -2.58. The number of amides is 1. The number of methoxy groups -OCH3 is 1. The minimum atomic E-state index is -0.505. The number of thioether (sulfide) groups is 1. The number of hydrogen-bond acceptors (Lipinski definition) is 6. The maximum Gasteiger partial charge on any atom is 0.232 e. The zero-order valence-electron chi connectivity index (χ0n) is 13.9.